The molecular weight excluding hydrogens is 260 g/mol. The van der Waals surface area contributed by atoms with Gasteiger partial charge in [-0.3, -0.25) is 0 Å². The van der Waals surface area contributed by atoms with E-state index in [9.17, 15) is 0 Å². The lowest BCUT2D eigenvalue weighted by molar-refractivity contribution is 0.107. The van der Waals surface area contributed by atoms with Crippen LogP contribution in [-0.4, -0.2) is 9.97 Å². The normalized spacial score (nSPS) is 11.4. The van der Waals surface area contributed by atoms with Crippen LogP contribution in [0.2, 0.25) is 0 Å². The van der Waals surface area contributed by atoms with Crippen molar-refractivity contribution in [2.75, 3.05) is 0 Å². The van der Waals surface area contributed by atoms with Gasteiger partial charge in [0.15, 0.2) is 0 Å². The summed E-state index contributed by atoms with van der Waals surface area (Å²) in [5.74, 6) is 0. The fourth-order valence-corrected chi connectivity index (χ4v) is 2.66. The Kier molecular flexibility index (Phi) is 2.98. The van der Waals surface area contributed by atoms with Gasteiger partial charge in [0.05, 0.1) is 13.2 Å². The summed E-state index contributed by atoms with van der Waals surface area (Å²) >= 11 is 0. The number of hydrogen-bond acceptors (Lipinski definition) is 1. The molecule has 3 heteroatoms. The third-order valence-corrected chi connectivity index (χ3v) is 3.78. The SMILES string of the molecule is c1cc2ccc(COCc3ccc4cc[nH]c4c3)cc2[nH]1. The van der Waals surface area contributed by atoms with Gasteiger partial charge in [0.2, 0.25) is 0 Å². The number of aromatic nitrogens is 2. The van der Waals surface area contributed by atoms with E-state index in [-0.39, 0.29) is 0 Å². The Morgan fingerprint density at radius 1 is 0.667 bits per heavy atom. The summed E-state index contributed by atoms with van der Waals surface area (Å²) < 4.78 is 5.83. The third kappa shape index (κ3) is 2.43. The number of nitrogens with one attached hydrogen (secondary N) is 2. The Hall–Kier alpha value is -2.52. The van der Waals surface area contributed by atoms with Crippen LogP contribution in [0.3, 0.4) is 0 Å². The van der Waals surface area contributed by atoms with Crippen LogP contribution in [0.4, 0.5) is 0 Å². The van der Waals surface area contributed by atoms with Gasteiger partial charge < -0.3 is 14.7 Å². The predicted octanol–water partition coefficient (Wildman–Crippen LogP) is 4.37. The van der Waals surface area contributed by atoms with Crippen LogP contribution < -0.4 is 0 Å². The highest BCUT2D eigenvalue weighted by Crippen LogP contribution is 2.17. The van der Waals surface area contributed by atoms with Gasteiger partial charge in [0.25, 0.3) is 0 Å². The van der Waals surface area contributed by atoms with Crippen molar-refractivity contribution in [2.24, 2.45) is 0 Å². The van der Waals surface area contributed by atoms with Gasteiger partial charge >= 0.3 is 0 Å². The molecule has 104 valence electrons. The summed E-state index contributed by atoms with van der Waals surface area (Å²) in [7, 11) is 0. The Balaban J connectivity index is 1.44. The fourth-order valence-electron chi connectivity index (χ4n) is 2.66. The lowest BCUT2D eigenvalue weighted by atomic mass is 10.1. The molecule has 0 aliphatic carbocycles. The first-order chi connectivity index (χ1) is 10.4. The quantitative estimate of drug-likeness (QED) is 0.571. The molecule has 4 aromatic rings. The molecule has 2 heterocycles. The van der Waals surface area contributed by atoms with Gasteiger partial charge in [-0.05, 0) is 46.2 Å². The lowest BCUT2D eigenvalue weighted by Crippen LogP contribution is -1.94. The molecule has 0 atom stereocenters. The molecule has 4 rings (SSSR count). The number of aromatic amines is 2. The predicted molar refractivity (Wildman–Crippen MR) is 85.1 cm³/mol. The van der Waals surface area contributed by atoms with Crippen LogP contribution in [0.15, 0.2) is 60.9 Å². The largest absolute Gasteiger partial charge is 0.372 e. The second-order valence-corrected chi connectivity index (χ2v) is 5.29. The van der Waals surface area contributed by atoms with Gasteiger partial charge in [0, 0.05) is 23.4 Å². The van der Waals surface area contributed by atoms with E-state index in [2.05, 4.69) is 58.5 Å². The Morgan fingerprint density at radius 2 is 1.19 bits per heavy atom. The monoisotopic (exact) mass is 276 g/mol. The van der Waals surface area contributed by atoms with Crippen LogP contribution in [-0.2, 0) is 18.0 Å². The summed E-state index contributed by atoms with van der Waals surface area (Å²) in [6.45, 7) is 1.25. The molecule has 0 radical (unpaired) electrons. The molecule has 2 aromatic carbocycles. The number of fused-ring (bicyclic) bond motifs is 2. The molecule has 0 amide bonds. The second-order valence-electron chi connectivity index (χ2n) is 5.29. The van der Waals surface area contributed by atoms with E-state index >= 15 is 0 Å². The first-order valence-corrected chi connectivity index (χ1v) is 7.08. The first-order valence-electron chi connectivity index (χ1n) is 7.08. The van der Waals surface area contributed by atoms with Crippen molar-refractivity contribution in [2.45, 2.75) is 13.2 Å². The summed E-state index contributed by atoms with van der Waals surface area (Å²) in [6.07, 6.45) is 3.92. The molecule has 21 heavy (non-hydrogen) atoms. The molecule has 0 aliphatic rings. The molecule has 2 aromatic heterocycles. The van der Waals surface area contributed by atoms with Crippen molar-refractivity contribution >= 4 is 21.8 Å². The molecule has 2 N–H and O–H groups in total. The maximum atomic E-state index is 5.83. The molecular formula is C18H16N2O. The average Bonchev–Trinajstić information content (AvgIpc) is 3.14. The number of rotatable bonds is 4. The molecule has 0 bridgehead atoms. The molecule has 0 aliphatic heterocycles. The molecule has 0 saturated heterocycles. The Labute approximate surface area is 122 Å². The van der Waals surface area contributed by atoms with Crippen molar-refractivity contribution in [3.05, 3.63) is 72.1 Å². The number of hydrogen-bond donors (Lipinski definition) is 2. The average molecular weight is 276 g/mol. The van der Waals surface area contributed by atoms with Crippen LogP contribution in [0.25, 0.3) is 21.8 Å². The van der Waals surface area contributed by atoms with Gasteiger partial charge in [0.1, 0.15) is 0 Å². The van der Waals surface area contributed by atoms with Crippen molar-refractivity contribution in [3.63, 3.8) is 0 Å². The minimum Gasteiger partial charge on any atom is -0.372 e. The van der Waals surface area contributed by atoms with Gasteiger partial charge in [-0.25, -0.2) is 0 Å². The van der Waals surface area contributed by atoms with E-state index in [0.717, 1.165) is 11.0 Å². The lowest BCUT2D eigenvalue weighted by Gasteiger charge is -2.05. The highest BCUT2D eigenvalue weighted by Gasteiger charge is 2.00. The van der Waals surface area contributed by atoms with Crippen molar-refractivity contribution in [1.82, 2.24) is 9.97 Å². The summed E-state index contributed by atoms with van der Waals surface area (Å²) in [6, 6.07) is 16.9. The Bertz CT molecular complexity index is 814. The van der Waals surface area contributed by atoms with E-state index in [4.69, 9.17) is 4.74 Å². The van der Waals surface area contributed by atoms with Crippen LogP contribution >= 0.6 is 0 Å². The van der Waals surface area contributed by atoms with E-state index in [1.807, 2.05) is 12.4 Å². The zero-order valence-corrected chi connectivity index (χ0v) is 11.6. The number of benzene rings is 2. The zero-order chi connectivity index (χ0) is 14.1. The molecule has 0 unspecified atom stereocenters. The van der Waals surface area contributed by atoms with Crippen molar-refractivity contribution in [3.8, 4) is 0 Å². The summed E-state index contributed by atoms with van der Waals surface area (Å²) in [5.41, 5.74) is 4.68. The fraction of sp³-hybridized carbons (Fsp3) is 0.111. The van der Waals surface area contributed by atoms with Crippen LogP contribution in [0, 0.1) is 0 Å². The highest BCUT2D eigenvalue weighted by atomic mass is 16.5. The molecule has 0 saturated carbocycles. The van der Waals surface area contributed by atoms with Crippen molar-refractivity contribution < 1.29 is 4.74 Å². The smallest absolute Gasteiger partial charge is 0.0722 e. The topological polar surface area (TPSA) is 40.8 Å². The van der Waals surface area contributed by atoms with E-state index in [0.29, 0.717) is 13.2 Å². The summed E-state index contributed by atoms with van der Waals surface area (Å²) in [5, 5.41) is 2.46. The second kappa shape index (κ2) is 5.11. The highest BCUT2D eigenvalue weighted by molar-refractivity contribution is 5.80. The zero-order valence-electron chi connectivity index (χ0n) is 11.6. The van der Waals surface area contributed by atoms with Gasteiger partial charge in [-0.2, -0.15) is 0 Å². The molecule has 3 nitrogen and oxygen atoms in total. The van der Waals surface area contributed by atoms with E-state index in [1.165, 1.54) is 21.9 Å². The van der Waals surface area contributed by atoms with E-state index < -0.39 is 0 Å². The third-order valence-electron chi connectivity index (χ3n) is 3.78. The Morgan fingerprint density at radius 3 is 1.71 bits per heavy atom. The minimum atomic E-state index is 0.623. The molecule has 0 fully saturated rings. The molecule has 0 spiro atoms. The maximum absolute atomic E-state index is 5.83. The maximum Gasteiger partial charge on any atom is 0.0722 e. The first kappa shape index (κ1) is 12.2. The standard InChI is InChI=1S/C18H16N2O/c1-3-15-5-7-19-17(15)9-13(1)11-21-12-14-2-4-16-6-8-20-18(16)10-14/h1-10,19-20H,11-12H2. The van der Waals surface area contributed by atoms with Gasteiger partial charge in [-0.1, -0.05) is 24.3 Å². The minimum absolute atomic E-state index is 0.623. The summed E-state index contributed by atoms with van der Waals surface area (Å²) in [4.78, 5) is 6.45. The van der Waals surface area contributed by atoms with Crippen LogP contribution in [0.5, 0.6) is 0 Å². The van der Waals surface area contributed by atoms with E-state index in [1.54, 1.807) is 0 Å². The van der Waals surface area contributed by atoms with Gasteiger partial charge in [-0.15, -0.1) is 0 Å². The number of ether oxygens (including phenoxy) is 1. The van der Waals surface area contributed by atoms with Crippen molar-refractivity contribution in [1.29, 1.82) is 0 Å². The number of H-pyrrole nitrogens is 2. The van der Waals surface area contributed by atoms with Crippen LogP contribution in [0.1, 0.15) is 11.1 Å².